The fourth-order valence-corrected chi connectivity index (χ4v) is 2.34. The van der Waals surface area contributed by atoms with Gasteiger partial charge in [-0.05, 0) is 42.9 Å². The van der Waals surface area contributed by atoms with Gasteiger partial charge in [-0.1, -0.05) is 23.7 Å². The summed E-state index contributed by atoms with van der Waals surface area (Å²) in [7, 11) is 0. The number of benzene rings is 1. The molecule has 1 atom stereocenters. The molecule has 0 fully saturated rings. The summed E-state index contributed by atoms with van der Waals surface area (Å²) in [6, 6.07) is 4.39. The third-order valence-electron chi connectivity index (χ3n) is 2.80. The van der Waals surface area contributed by atoms with E-state index in [0.29, 0.717) is 0 Å². The van der Waals surface area contributed by atoms with Gasteiger partial charge >= 0.3 is 0 Å². The molecule has 0 amide bonds. The van der Waals surface area contributed by atoms with E-state index >= 15 is 0 Å². The normalized spacial score (nSPS) is 21.3. The molecule has 1 aromatic rings. The second-order valence-corrected chi connectivity index (χ2v) is 4.15. The van der Waals surface area contributed by atoms with Gasteiger partial charge in [0.15, 0.2) is 0 Å². The number of rotatable bonds is 0. The molecule has 0 bridgehead atoms. The average Bonchev–Trinajstić information content (AvgIpc) is 2.12. The van der Waals surface area contributed by atoms with Crippen LogP contribution in [0.3, 0.4) is 0 Å². The average molecular weight is 196 g/mol. The van der Waals surface area contributed by atoms with E-state index in [1.165, 1.54) is 17.5 Å². The molecule has 1 aromatic carbocycles. The second kappa shape index (κ2) is 3.32. The molecule has 2 N–H and O–H groups in total. The molecule has 1 nitrogen and oxygen atoms in total. The number of fused-ring (bicyclic) bond motifs is 1. The topological polar surface area (TPSA) is 26.0 Å². The predicted octanol–water partition coefficient (Wildman–Crippen LogP) is 2.98. The first-order valence-corrected chi connectivity index (χ1v) is 5.11. The van der Waals surface area contributed by atoms with Crippen molar-refractivity contribution < 1.29 is 0 Å². The van der Waals surface area contributed by atoms with E-state index in [0.717, 1.165) is 23.4 Å². The maximum Gasteiger partial charge on any atom is 0.0485 e. The van der Waals surface area contributed by atoms with Crippen LogP contribution in [0.4, 0.5) is 0 Å². The van der Waals surface area contributed by atoms with Crippen molar-refractivity contribution in [3.63, 3.8) is 0 Å². The SMILES string of the molecule is Cc1ccc2c(c1Cl)[C@@H](N)CCC2. The molecule has 0 radical (unpaired) electrons. The minimum atomic E-state index is 0.149. The summed E-state index contributed by atoms with van der Waals surface area (Å²) in [4.78, 5) is 0. The predicted molar refractivity (Wildman–Crippen MR) is 56.1 cm³/mol. The molecule has 0 saturated carbocycles. The number of aryl methyl sites for hydroxylation is 2. The Morgan fingerprint density at radius 2 is 2.23 bits per heavy atom. The molecule has 1 aliphatic rings. The van der Waals surface area contributed by atoms with E-state index in [1.807, 2.05) is 6.92 Å². The summed E-state index contributed by atoms with van der Waals surface area (Å²) < 4.78 is 0. The van der Waals surface area contributed by atoms with Gasteiger partial charge in [-0.3, -0.25) is 0 Å². The fraction of sp³-hybridized carbons (Fsp3) is 0.455. The van der Waals surface area contributed by atoms with Crippen molar-refractivity contribution in [3.8, 4) is 0 Å². The van der Waals surface area contributed by atoms with Crippen LogP contribution in [-0.2, 0) is 6.42 Å². The van der Waals surface area contributed by atoms with Gasteiger partial charge in [-0.2, -0.15) is 0 Å². The largest absolute Gasteiger partial charge is 0.324 e. The highest BCUT2D eigenvalue weighted by atomic mass is 35.5. The van der Waals surface area contributed by atoms with E-state index < -0.39 is 0 Å². The van der Waals surface area contributed by atoms with Crippen molar-refractivity contribution in [2.75, 3.05) is 0 Å². The third-order valence-corrected chi connectivity index (χ3v) is 3.30. The van der Waals surface area contributed by atoms with Crippen LogP contribution in [-0.4, -0.2) is 0 Å². The Labute approximate surface area is 83.9 Å². The zero-order chi connectivity index (χ0) is 9.42. The zero-order valence-electron chi connectivity index (χ0n) is 7.81. The molecule has 70 valence electrons. The van der Waals surface area contributed by atoms with Gasteiger partial charge < -0.3 is 5.73 Å². The second-order valence-electron chi connectivity index (χ2n) is 3.77. The highest BCUT2D eigenvalue weighted by Crippen LogP contribution is 2.35. The first-order chi connectivity index (χ1) is 6.20. The first kappa shape index (κ1) is 9.04. The van der Waals surface area contributed by atoms with Crippen molar-refractivity contribution >= 4 is 11.6 Å². The summed E-state index contributed by atoms with van der Waals surface area (Å²) in [5.41, 5.74) is 9.70. The Hall–Kier alpha value is -0.530. The minimum Gasteiger partial charge on any atom is -0.324 e. The van der Waals surface area contributed by atoms with E-state index in [2.05, 4.69) is 12.1 Å². The molecule has 0 heterocycles. The molecule has 0 spiro atoms. The van der Waals surface area contributed by atoms with Crippen LogP contribution in [0.2, 0.25) is 5.02 Å². The monoisotopic (exact) mass is 195 g/mol. The molecular weight excluding hydrogens is 182 g/mol. The highest BCUT2D eigenvalue weighted by Gasteiger charge is 2.20. The first-order valence-electron chi connectivity index (χ1n) is 4.73. The lowest BCUT2D eigenvalue weighted by Crippen LogP contribution is -2.18. The summed E-state index contributed by atoms with van der Waals surface area (Å²) in [6.07, 6.45) is 3.38. The van der Waals surface area contributed by atoms with Gasteiger partial charge in [0.1, 0.15) is 0 Å². The molecule has 0 saturated heterocycles. The summed E-state index contributed by atoms with van der Waals surface area (Å²) in [6.45, 7) is 2.03. The Morgan fingerprint density at radius 1 is 1.46 bits per heavy atom. The lowest BCUT2D eigenvalue weighted by atomic mass is 9.87. The lowest BCUT2D eigenvalue weighted by Gasteiger charge is -2.24. The Balaban J connectivity index is 2.58. The molecule has 2 rings (SSSR count). The van der Waals surface area contributed by atoms with Crippen LogP contribution in [0.25, 0.3) is 0 Å². The zero-order valence-corrected chi connectivity index (χ0v) is 8.56. The van der Waals surface area contributed by atoms with E-state index in [4.69, 9.17) is 17.3 Å². The van der Waals surface area contributed by atoms with Crippen LogP contribution in [0.1, 0.15) is 35.6 Å². The van der Waals surface area contributed by atoms with E-state index in [-0.39, 0.29) is 6.04 Å². The Bertz CT molecular complexity index is 333. The summed E-state index contributed by atoms with van der Waals surface area (Å²) >= 11 is 6.23. The van der Waals surface area contributed by atoms with E-state index in [9.17, 15) is 0 Å². The van der Waals surface area contributed by atoms with Crippen LogP contribution in [0, 0.1) is 6.92 Å². The molecular formula is C11H14ClN. The number of hydrogen-bond donors (Lipinski definition) is 1. The maximum atomic E-state index is 6.23. The van der Waals surface area contributed by atoms with Gasteiger partial charge in [0.05, 0.1) is 0 Å². The Kier molecular flexibility index (Phi) is 2.31. The number of hydrogen-bond acceptors (Lipinski definition) is 1. The van der Waals surface area contributed by atoms with Gasteiger partial charge in [-0.15, -0.1) is 0 Å². The smallest absolute Gasteiger partial charge is 0.0485 e. The van der Waals surface area contributed by atoms with Crippen molar-refractivity contribution in [2.24, 2.45) is 5.73 Å². The van der Waals surface area contributed by atoms with Crippen LogP contribution >= 0.6 is 11.6 Å². The molecule has 0 unspecified atom stereocenters. The quantitative estimate of drug-likeness (QED) is 0.677. The van der Waals surface area contributed by atoms with Crippen molar-refractivity contribution in [2.45, 2.75) is 32.2 Å². The third kappa shape index (κ3) is 1.47. The molecule has 0 aliphatic heterocycles. The number of halogens is 1. The Morgan fingerprint density at radius 3 is 3.00 bits per heavy atom. The van der Waals surface area contributed by atoms with Crippen molar-refractivity contribution in [1.82, 2.24) is 0 Å². The molecule has 0 aromatic heterocycles. The van der Waals surface area contributed by atoms with Crippen molar-refractivity contribution in [3.05, 3.63) is 33.8 Å². The molecule has 2 heteroatoms. The van der Waals surface area contributed by atoms with Crippen molar-refractivity contribution in [1.29, 1.82) is 0 Å². The van der Waals surface area contributed by atoms with Gasteiger partial charge in [0.25, 0.3) is 0 Å². The van der Waals surface area contributed by atoms with Crippen LogP contribution in [0.15, 0.2) is 12.1 Å². The molecule has 1 aliphatic carbocycles. The summed E-state index contributed by atoms with van der Waals surface area (Å²) in [5, 5.41) is 0.879. The van der Waals surface area contributed by atoms with Gasteiger partial charge in [-0.25, -0.2) is 0 Å². The molecule has 13 heavy (non-hydrogen) atoms. The van der Waals surface area contributed by atoms with Gasteiger partial charge in [0.2, 0.25) is 0 Å². The maximum absolute atomic E-state index is 6.23. The number of nitrogens with two attached hydrogens (primary N) is 1. The minimum absolute atomic E-state index is 0.149. The highest BCUT2D eigenvalue weighted by molar-refractivity contribution is 6.32. The summed E-state index contributed by atoms with van der Waals surface area (Å²) in [5.74, 6) is 0. The van der Waals surface area contributed by atoms with Crippen LogP contribution < -0.4 is 5.73 Å². The van der Waals surface area contributed by atoms with E-state index in [1.54, 1.807) is 0 Å². The lowest BCUT2D eigenvalue weighted by molar-refractivity contribution is 0.570. The van der Waals surface area contributed by atoms with Crippen LogP contribution in [0.5, 0.6) is 0 Å². The van der Waals surface area contributed by atoms with Gasteiger partial charge in [0, 0.05) is 11.1 Å². The standard InChI is InChI=1S/C11H14ClN/c1-7-5-6-8-3-2-4-9(13)10(8)11(7)12/h5-6,9H,2-4,13H2,1H3/t9-/m0/s1. The fourth-order valence-electron chi connectivity index (χ4n) is 2.02.